The summed E-state index contributed by atoms with van der Waals surface area (Å²) in [5.74, 6) is -1.16. The molecule has 0 saturated carbocycles. The fourth-order valence-electron chi connectivity index (χ4n) is 2.82. The molecular weight excluding hydrogens is 356 g/mol. The Morgan fingerprint density at radius 1 is 1.46 bits per heavy atom. The molecule has 5 N–H and O–H groups in total. The molecule has 1 atom stereocenters. The Balaban J connectivity index is 1.61. The van der Waals surface area contributed by atoms with Crippen molar-refractivity contribution in [3.05, 3.63) is 17.6 Å². The van der Waals surface area contributed by atoms with Crippen LogP contribution in [0.15, 0.2) is 6.20 Å². The van der Waals surface area contributed by atoms with E-state index in [0.717, 1.165) is 30.7 Å². The summed E-state index contributed by atoms with van der Waals surface area (Å²) in [6.45, 7) is 1.75. The number of carbonyl (C=O) groups excluding carboxylic acids is 2. The largest absolute Gasteiger partial charge is 0.365 e. The second-order valence-electron chi connectivity index (χ2n) is 6.07. The molecule has 1 aliphatic rings. The first-order chi connectivity index (χ1) is 12.6. The number of carbonyl (C=O) groups is 2. The highest BCUT2D eigenvalue weighted by Crippen LogP contribution is 2.28. The average Bonchev–Trinajstić information content (AvgIpc) is 3.27. The third-order valence-electron chi connectivity index (χ3n) is 4.19. The second kappa shape index (κ2) is 8.23. The Labute approximate surface area is 154 Å². The van der Waals surface area contributed by atoms with Crippen molar-refractivity contribution in [3.8, 4) is 0 Å². The van der Waals surface area contributed by atoms with Crippen LogP contribution in [0.2, 0.25) is 0 Å². The van der Waals surface area contributed by atoms with Gasteiger partial charge >= 0.3 is 0 Å². The van der Waals surface area contributed by atoms with E-state index < -0.39 is 11.8 Å². The summed E-state index contributed by atoms with van der Waals surface area (Å²) in [6, 6.07) is 0.487. The maximum absolute atomic E-state index is 12.4. The lowest BCUT2D eigenvalue weighted by atomic mass is 10.0. The summed E-state index contributed by atoms with van der Waals surface area (Å²) in [6.07, 6.45) is 6.18. The summed E-state index contributed by atoms with van der Waals surface area (Å²) in [5, 5.41) is 17.6. The van der Waals surface area contributed by atoms with Gasteiger partial charge in [-0.2, -0.15) is 0 Å². The number of nitrogens with two attached hydrogens (primary N) is 1. The number of hydrogen-bond donors (Lipinski definition) is 4. The highest BCUT2D eigenvalue weighted by atomic mass is 32.1. The minimum Gasteiger partial charge on any atom is -0.365 e. The SMILES string of the molecule is CNc1nc(C(N)=O)c(NC(=O)c2cn(CCC3CCCCN3)nn2)s1. The quantitative estimate of drug-likeness (QED) is 0.555. The van der Waals surface area contributed by atoms with Crippen LogP contribution in [0.25, 0.3) is 0 Å². The van der Waals surface area contributed by atoms with Crippen LogP contribution in [0.5, 0.6) is 0 Å². The normalized spacial score (nSPS) is 17.0. The Hall–Kier alpha value is -2.53. The van der Waals surface area contributed by atoms with Crippen LogP contribution < -0.4 is 21.7 Å². The molecule has 1 fully saturated rings. The standard InChI is InChI=1S/C15H22N8O2S/c1-17-15-19-11(12(16)24)14(26-15)20-13(25)10-8-23(22-21-10)7-5-9-4-2-3-6-18-9/h8-9,18H,2-7H2,1H3,(H2,16,24)(H,17,19)(H,20,25). The number of piperidine rings is 1. The van der Waals surface area contributed by atoms with Gasteiger partial charge in [0.05, 0.1) is 6.20 Å². The van der Waals surface area contributed by atoms with Crippen molar-refractivity contribution in [3.63, 3.8) is 0 Å². The fourth-order valence-corrected chi connectivity index (χ4v) is 3.64. The van der Waals surface area contributed by atoms with E-state index in [1.54, 1.807) is 17.9 Å². The molecule has 0 radical (unpaired) electrons. The Morgan fingerprint density at radius 3 is 3.00 bits per heavy atom. The van der Waals surface area contributed by atoms with Gasteiger partial charge < -0.3 is 21.7 Å². The lowest BCUT2D eigenvalue weighted by molar-refractivity contribution is 0.0997. The minimum atomic E-state index is -0.707. The lowest BCUT2D eigenvalue weighted by Crippen LogP contribution is -2.34. The molecule has 0 spiro atoms. The van der Waals surface area contributed by atoms with Crippen LogP contribution in [0, 0.1) is 0 Å². The Kier molecular flexibility index (Phi) is 5.78. The van der Waals surface area contributed by atoms with E-state index in [-0.39, 0.29) is 16.4 Å². The van der Waals surface area contributed by atoms with Crippen LogP contribution in [0.3, 0.4) is 0 Å². The van der Waals surface area contributed by atoms with Crippen LogP contribution in [0.4, 0.5) is 10.1 Å². The monoisotopic (exact) mass is 378 g/mol. The molecule has 10 nitrogen and oxygen atoms in total. The first kappa shape index (κ1) is 18.3. The number of nitrogens with zero attached hydrogens (tertiary/aromatic N) is 4. The molecule has 1 aliphatic heterocycles. The molecule has 1 saturated heterocycles. The van der Waals surface area contributed by atoms with Crippen molar-refractivity contribution < 1.29 is 9.59 Å². The summed E-state index contributed by atoms with van der Waals surface area (Å²) < 4.78 is 1.66. The lowest BCUT2D eigenvalue weighted by Gasteiger charge is -2.23. The molecule has 2 amide bonds. The molecule has 3 heterocycles. The highest BCUT2D eigenvalue weighted by Gasteiger charge is 2.20. The van der Waals surface area contributed by atoms with Gasteiger partial charge in [0.1, 0.15) is 5.00 Å². The van der Waals surface area contributed by atoms with Crippen molar-refractivity contribution in [1.82, 2.24) is 25.3 Å². The maximum Gasteiger partial charge on any atom is 0.278 e. The smallest absolute Gasteiger partial charge is 0.278 e. The number of primary amides is 1. The number of aryl methyl sites for hydroxylation is 1. The molecule has 0 aromatic carbocycles. The molecule has 0 aliphatic carbocycles. The van der Waals surface area contributed by atoms with Gasteiger partial charge in [-0.25, -0.2) is 4.98 Å². The van der Waals surface area contributed by atoms with Gasteiger partial charge in [-0.15, -0.1) is 5.10 Å². The van der Waals surface area contributed by atoms with Gasteiger partial charge in [-0.1, -0.05) is 23.0 Å². The number of nitrogens with one attached hydrogen (secondary N) is 3. The molecule has 0 bridgehead atoms. The van der Waals surface area contributed by atoms with E-state index >= 15 is 0 Å². The van der Waals surface area contributed by atoms with E-state index in [1.165, 1.54) is 12.8 Å². The Morgan fingerprint density at radius 2 is 2.31 bits per heavy atom. The number of amides is 2. The summed E-state index contributed by atoms with van der Waals surface area (Å²) in [4.78, 5) is 27.9. The molecular formula is C15H22N8O2S. The van der Waals surface area contributed by atoms with Gasteiger partial charge in [0.15, 0.2) is 16.5 Å². The van der Waals surface area contributed by atoms with Gasteiger partial charge in [0.2, 0.25) is 0 Å². The molecule has 140 valence electrons. The summed E-state index contributed by atoms with van der Waals surface area (Å²) in [5.41, 5.74) is 5.49. The second-order valence-corrected chi connectivity index (χ2v) is 7.07. The van der Waals surface area contributed by atoms with E-state index in [9.17, 15) is 9.59 Å². The summed E-state index contributed by atoms with van der Waals surface area (Å²) in [7, 11) is 1.67. The van der Waals surface area contributed by atoms with Gasteiger partial charge in [0.25, 0.3) is 11.8 Å². The summed E-state index contributed by atoms with van der Waals surface area (Å²) >= 11 is 1.13. The van der Waals surface area contributed by atoms with E-state index in [0.29, 0.717) is 17.7 Å². The van der Waals surface area contributed by atoms with Crippen molar-refractivity contribution >= 4 is 33.3 Å². The van der Waals surface area contributed by atoms with Gasteiger partial charge in [-0.05, 0) is 25.8 Å². The molecule has 26 heavy (non-hydrogen) atoms. The van der Waals surface area contributed by atoms with E-state index in [2.05, 4.69) is 31.2 Å². The molecule has 3 rings (SSSR count). The zero-order chi connectivity index (χ0) is 18.5. The predicted molar refractivity (Wildman–Crippen MR) is 98.4 cm³/mol. The van der Waals surface area contributed by atoms with Crippen LogP contribution in [0.1, 0.15) is 46.7 Å². The molecule has 11 heteroatoms. The van der Waals surface area contributed by atoms with E-state index in [1.807, 2.05) is 0 Å². The fraction of sp³-hybridized carbons (Fsp3) is 0.533. The molecule has 1 unspecified atom stereocenters. The van der Waals surface area contributed by atoms with Crippen molar-refractivity contribution in [2.45, 2.75) is 38.3 Å². The zero-order valence-corrected chi connectivity index (χ0v) is 15.3. The molecule has 2 aromatic heterocycles. The number of hydrogen-bond acceptors (Lipinski definition) is 8. The van der Waals surface area contributed by atoms with E-state index in [4.69, 9.17) is 5.73 Å². The van der Waals surface area contributed by atoms with Crippen LogP contribution in [-0.4, -0.2) is 51.4 Å². The Bertz CT molecular complexity index is 780. The van der Waals surface area contributed by atoms with Crippen LogP contribution >= 0.6 is 11.3 Å². The predicted octanol–water partition coefficient (Wildman–Crippen LogP) is 0.660. The van der Waals surface area contributed by atoms with Crippen molar-refractivity contribution in [2.24, 2.45) is 5.73 Å². The third kappa shape index (κ3) is 4.35. The van der Waals surface area contributed by atoms with Gasteiger partial charge in [-0.3, -0.25) is 14.3 Å². The van der Waals surface area contributed by atoms with Crippen molar-refractivity contribution in [1.29, 1.82) is 0 Å². The van der Waals surface area contributed by atoms with Crippen LogP contribution in [-0.2, 0) is 6.54 Å². The van der Waals surface area contributed by atoms with Crippen molar-refractivity contribution in [2.75, 3.05) is 24.2 Å². The average molecular weight is 378 g/mol. The molecule has 2 aromatic rings. The zero-order valence-electron chi connectivity index (χ0n) is 14.5. The minimum absolute atomic E-state index is 0.0171. The first-order valence-corrected chi connectivity index (χ1v) is 9.31. The number of rotatable bonds is 7. The highest BCUT2D eigenvalue weighted by molar-refractivity contribution is 7.20. The third-order valence-corrected chi connectivity index (χ3v) is 5.18. The first-order valence-electron chi connectivity index (χ1n) is 8.50. The topological polar surface area (TPSA) is 140 Å². The number of anilines is 2. The number of thiazole rings is 1. The van der Waals surface area contributed by atoms with Gasteiger partial charge in [0, 0.05) is 19.6 Å². The number of aromatic nitrogens is 4. The maximum atomic E-state index is 12.4.